The molecule has 34 heavy (non-hydrogen) atoms. The molecule has 0 saturated carbocycles. The number of likely N-dealkylation sites (N-methyl/N-ethyl adjacent to an activating group) is 1. The van der Waals surface area contributed by atoms with E-state index in [2.05, 4.69) is 18.2 Å². The van der Waals surface area contributed by atoms with Crippen molar-refractivity contribution in [2.75, 3.05) is 19.6 Å². The molecule has 4 rings (SSSR count). The maximum Gasteiger partial charge on any atom is 0.317 e. The van der Waals surface area contributed by atoms with Gasteiger partial charge in [0, 0.05) is 13.0 Å². The lowest BCUT2D eigenvalue weighted by atomic mass is 9.91. The average molecular weight is 460 g/mol. The first-order valence-corrected chi connectivity index (χ1v) is 12.2. The van der Waals surface area contributed by atoms with Crippen LogP contribution in [-0.4, -0.2) is 35.6 Å². The summed E-state index contributed by atoms with van der Waals surface area (Å²) in [4.78, 5) is 13.0. The smallest absolute Gasteiger partial charge is 0.317 e. The van der Waals surface area contributed by atoms with Gasteiger partial charge in [0.25, 0.3) is 0 Å². The minimum atomic E-state index is -0.811. The SMILES string of the molecule is CCN(CCC(Oc1ccc(Oc2cccc3c2CCCC3)cc1)c1ccccc1)CC(=O)O. The summed E-state index contributed by atoms with van der Waals surface area (Å²) in [6.45, 7) is 3.34. The molecule has 0 heterocycles. The maximum absolute atomic E-state index is 11.1. The Hall–Kier alpha value is -3.31. The van der Waals surface area contributed by atoms with Gasteiger partial charge >= 0.3 is 5.97 Å². The van der Waals surface area contributed by atoms with E-state index in [0.717, 1.165) is 35.7 Å². The maximum atomic E-state index is 11.1. The lowest BCUT2D eigenvalue weighted by Gasteiger charge is -2.24. The molecular weight excluding hydrogens is 426 g/mol. The quantitative estimate of drug-likeness (QED) is 0.366. The van der Waals surface area contributed by atoms with Crippen molar-refractivity contribution in [3.8, 4) is 17.2 Å². The molecular formula is C29H33NO4. The number of hydrogen-bond donors (Lipinski definition) is 1. The van der Waals surface area contributed by atoms with Gasteiger partial charge in [-0.1, -0.05) is 49.4 Å². The standard InChI is InChI=1S/C29H33NO4/c1-2-30(21-29(31)32)20-19-27(23-10-4-3-5-11-23)33-24-15-17-25(18-16-24)34-28-14-8-12-22-9-6-7-13-26(22)28/h3-5,8,10-12,14-18,27H,2,6-7,9,13,19-21H2,1H3,(H,31,32). The summed E-state index contributed by atoms with van der Waals surface area (Å²) in [6, 6.07) is 24.2. The highest BCUT2D eigenvalue weighted by atomic mass is 16.5. The van der Waals surface area contributed by atoms with Gasteiger partial charge in [0.15, 0.2) is 0 Å². The summed E-state index contributed by atoms with van der Waals surface area (Å²) >= 11 is 0. The molecule has 5 nitrogen and oxygen atoms in total. The van der Waals surface area contributed by atoms with Crippen LogP contribution >= 0.6 is 0 Å². The zero-order valence-electron chi connectivity index (χ0n) is 19.8. The lowest BCUT2D eigenvalue weighted by Crippen LogP contribution is -2.31. The number of carboxylic acids is 1. The zero-order chi connectivity index (χ0) is 23.8. The van der Waals surface area contributed by atoms with Gasteiger partial charge in [0.1, 0.15) is 23.4 Å². The largest absolute Gasteiger partial charge is 0.486 e. The topological polar surface area (TPSA) is 59.0 Å². The summed E-state index contributed by atoms with van der Waals surface area (Å²) in [5.74, 6) is 1.69. The van der Waals surface area contributed by atoms with E-state index in [4.69, 9.17) is 14.6 Å². The average Bonchev–Trinajstić information content (AvgIpc) is 2.87. The normalized spacial score (nSPS) is 13.8. The van der Waals surface area contributed by atoms with Crippen LogP contribution in [0.15, 0.2) is 72.8 Å². The van der Waals surface area contributed by atoms with Crippen molar-refractivity contribution in [3.05, 3.63) is 89.5 Å². The molecule has 0 fully saturated rings. The van der Waals surface area contributed by atoms with Crippen molar-refractivity contribution in [1.82, 2.24) is 4.90 Å². The summed E-state index contributed by atoms with van der Waals surface area (Å²) in [7, 11) is 0. The predicted molar refractivity (Wildman–Crippen MR) is 134 cm³/mol. The number of hydrogen-bond acceptors (Lipinski definition) is 4. The van der Waals surface area contributed by atoms with Gasteiger partial charge in [-0.3, -0.25) is 9.69 Å². The van der Waals surface area contributed by atoms with E-state index < -0.39 is 5.97 Å². The molecule has 0 aromatic heterocycles. The van der Waals surface area contributed by atoms with E-state index in [-0.39, 0.29) is 12.6 Å². The van der Waals surface area contributed by atoms with Crippen LogP contribution < -0.4 is 9.47 Å². The first kappa shape index (κ1) is 23.8. The zero-order valence-corrected chi connectivity index (χ0v) is 19.8. The van der Waals surface area contributed by atoms with Gasteiger partial charge in [-0.2, -0.15) is 0 Å². The Labute approximate surface area is 201 Å². The molecule has 0 amide bonds. The number of carboxylic acid groups (broad SMARTS) is 1. The van der Waals surface area contributed by atoms with Gasteiger partial charge in [0.2, 0.25) is 0 Å². The van der Waals surface area contributed by atoms with Crippen LogP contribution in [0.4, 0.5) is 0 Å². The summed E-state index contributed by atoms with van der Waals surface area (Å²) in [5, 5.41) is 9.14. The van der Waals surface area contributed by atoms with Gasteiger partial charge < -0.3 is 14.6 Å². The van der Waals surface area contributed by atoms with Gasteiger partial charge in [-0.25, -0.2) is 0 Å². The van der Waals surface area contributed by atoms with Crippen LogP contribution in [-0.2, 0) is 17.6 Å². The number of aliphatic carboxylic acids is 1. The Kier molecular flexibility index (Phi) is 8.21. The minimum Gasteiger partial charge on any atom is -0.486 e. The number of fused-ring (bicyclic) bond motifs is 1. The first-order valence-electron chi connectivity index (χ1n) is 12.2. The molecule has 5 heteroatoms. The molecule has 178 valence electrons. The Morgan fingerprint density at radius 1 is 0.941 bits per heavy atom. The molecule has 0 saturated heterocycles. The summed E-state index contributed by atoms with van der Waals surface area (Å²) in [6.07, 6.45) is 5.18. The number of ether oxygens (including phenoxy) is 2. The molecule has 1 aliphatic carbocycles. The van der Waals surface area contributed by atoms with Crippen molar-refractivity contribution in [1.29, 1.82) is 0 Å². The molecule has 3 aromatic carbocycles. The van der Waals surface area contributed by atoms with E-state index in [1.54, 1.807) is 0 Å². The van der Waals surface area contributed by atoms with Crippen LogP contribution in [0, 0.1) is 0 Å². The van der Waals surface area contributed by atoms with Crippen LogP contribution in [0.1, 0.15) is 49.0 Å². The Morgan fingerprint density at radius 3 is 2.41 bits per heavy atom. The molecule has 0 spiro atoms. The first-order chi connectivity index (χ1) is 16.6. The highest BCUT2D eigenvalue weighted by molar-refractivity contribution is 5.69. The predicted octanol–water partition coefficient (Wildman–Crippen LogP) is 6.27. The number of rotatable bonds is 11. The van der Waals surface area contributed by atoms with E-state index >= 15 is 0 Å². The molecule has 1 unspecified atom stereocenters. The van der Waals surface area contributed by atoms with Crippen LogP contribution in [0.5, 0.6) is 17.2 Å². The minimum absolute atomic E-state index is 0.0350. The van der Waals surface area contributed by atoms with E-state index in [0.29, 0.717) is 19.5 Å². The number of aryl methyl sites for hydroxylation is 1. The fraction of sp³-hybridized carbons (Fsp3) is 0.345. The molecule has 0 bridgehead atoms. The van der Waals surface area contributed by atoms with E-state index in [9.17, 15) is 4.79 Å². The Balaban J connectivity index is 1.44. The highest BCUT2D eigenvalue weighted by Gasteiger charge is 2.17. The van der Waals surface area contributed by atoms with Crippen LogP contribution in [0.2, 0.25) is 0 Å². The van der Waals surface area contributed by atoms with Crippen molar-refractivity contribution >= 4 is 5.97 Å². The molecule has 0 radical (unpaired) electrons. The summed E-state index contributed by atoms with van der Waals surface area (Å²) in [5.41, 5.74) is 3.81. The van der Waals surface area contributed by atoms with E-state index in [1.807, 2.05) is 66.4 Å². The third-order valence-corrected chi connectivity index (χ3v) is 6.37. The number of nitrogens with zero attached hydrogens (tertiary/aromatic N) is 1. The van der Waals surface area contributed by atoms with Crippen molar-refractivity contribution < 1.29 is 19.4 Å². The lowest BCUT2D eigenvalue weighted by molar-refractivity contribution is -0.138. The second kappa shape index (κ2) is 11.7. The van der Waals surface area contributed by atoms with Crippen LogP contribution in [0.3, 0.4) is 0 Å². The third-order valence-electron chi connectivity index (χ3n) is 6.37. The molecule has 1 N–H and O–H groups in total. The monoisotopic (exact) mass is 459 g/mol. The van der Waals surface area contributed by atoms with Gasteiger partial charge in [-0.05, 0) is 79.3 Å². The summed E-state index contributed by atoms with van der Waals surface area (Å²) < 4.78 is 12.6. The fourth-order valence-electron chi connectivity index (χ4n) is 4.52. The number of benzene rings is 3. The Bertz CT molecular complexity index is 1070. The number of carbonyl (C=O) groups is 1. The van der Waals surface area contributed by atoms with Gasteiger partial charge in [-0.15, -0.1) is 0 Å². The van der Waals surface area contributed by atoms with Crippen molar-refractivity contribution in [2.24, 2.45) is 0 Å². The fourth-order valence-corrected chi connectivity index (χ4v) is 4.52. The van der Waals surface area contributed by atoms with Crippen molar-refractivity contribution in [2.45, 2.75) is 45.1 Å². The second-order valence-corrected chi connectivity index (χ2v) is 8.74. The van der Waals surface area contributed by atoms with Crippen molar-refractivity contribution in [3.63, 3.8) is 0 Å². The second-order valence-electron chi connectivity index (χ2n) is 8.74. The Morgan fingerprint density at radius 2 is 1.68 bits per heavy atom. The third kappa shape index (κ3) is 6.39. The van der Waals surface area contributed by atoms with E-state index in [1.165, 1.54) is 24.0 Å². The van der Waals surface area contributed by atoms with Crippen LogP contribution in [0.25, 0.3) is 0 Å². The highest BCUT2D eigenvalue weighted by Crippen LogP contribution is 2.34. The molecule has 1 atom stereocenters. The van der Waals surface area contributed by atoms with Gasteiger partial charge in [0.05, 0.1) is 6.54 Å². The molecule has 1 aliphatic rings. The molecule has 0 aliphatic heterocycles. The molecule has 3 aromatic rings.